The fourth-order valence-electron chi connectivity index (χ4n) is 8.68. The van der Waals surface area contributed by atoms with Crippen molar-refractivity contribution >= 4 is 5.84 Å². The van der Waals surface area contributed by atoms with Gasteiger partial charge in [-0.25, -0.2) is 0 Å². The van der Waals surface area contributed by atoms with Crippen LogP contribution in [0.15, 0.2) is 23.0 Å². The van der Waals surface area contributed by atoms with Crippen LogP contribution in [0.4, 0.5) is 0 Å². The molecule has 4 aliphatic carbocycles. The number of nitrogens with two attached hydrogens (primary N) is 1. The summed E-state index contributed by atoms with van der Waals surface area (Å²) in [6.07, 6.45) is 14.7. The van der Waals surface area contributed by atoms with E-state index in [9.17, 15) is 5.11 Å². The molecule has 4 aliphatic rings. The number of nitrogens with one attached hydrogen (secondary N) is 1. The van der Waals surface area contributed by atoms with Crippen LogP contribution in [0.3, 0.4) is 0 Å². The first-order valence-electron chi connectivity index (χ1n) is 12.5. The second kappa shape index (κ2) is 7.62. The standard InChI is InChI=1S/C26H40N2O3/c1-24-10-5-19(31-14-9-23(27)28)15-18(24)3-4-22-21(24)6-11-25(2)20(7-12-26(22,25)29)17-8-13-30-16-17/h8,13,16,18-22,29H,3-7,9-12,14-15H2,1-2H3,(H3,27,28)/t18?,19?,20?,21-,22-,24+,25-,26-/m1/s1. The number of rotatable bonds is 5. The summed E-state index contributed by atoms with van der Waals surface area (Å²) in [7, 11) is 0. The molecule has 0 radical (unpaired) electrons. The number of hydrogen-bond acceptors (Lipinski definition) is 4. The minimum atomic E-state index is -0.555. The third-order valence-electron chi connectivity index (χ3n) is 10.5. The molecule has 172 valence electrons. The van der Waals surface area contributed by atoms with Gasteiger partial charge in [0.05, 0.1) is 36.7 Å². The quantitative estimate of drug-likeness (QED) is 0.442. The van der Waals surface area contributed by atoms with Gasteiger partial charge in [0.15, 0.2) is 0 Å². The van der Waals surface area contributed by atoms with Gasteiger partial charge in [-0.3, -0.25) is 5.41 Å². The van der Waals surface area contributed by atoms with Crippen molar-refractivity contribution in [1.29, 1.82) is 5.41 Å². The van der Waals surface area contributed by atoms with Crippen molar-refractivity contribution in [3.05, 3.63) is 24.2 Å². The van der Waals surface area contributed by atoms with Crippen LogP contribution in [0.1, 0.15) is 89.5 Å². The van der Waals surface area contributed by atoms with Gasteiger partial charge in [-0.1, -0.05) is 13.8 Å². The summed E-state index contributed by atoms with van der Waals surface area (Å²) < 4.78 is 11.5. The summed E-state index contributed by atoms with van der Waals surface area (Å²) in [6, 6.07) is 2.11. The molecule has 1 aromatic rings. The Bertz CT molecular complexity index is 810. The van der Waals surface area contributed by atoms with Gasteiger partial charge in [-0.2, -0.15) is 0 Å². The maximum absolute atomic E-state index is 12.3. The van der Waals surface area contributed by atoms with Crippen LogP contribution >= 0.6 is 0 Å². The van der Waals surface area contributed by atoms with Crippen LogP contribution in [0, 0.1) is 34.0 Å². The lowest BCUT2D eigenvalue weighted by atomic mass is 9.43. The third-order valence-corrected chi connectivity index (χ3v) is 10.5. The zero-order valence-electron chi connectivity index (χ0n) is 19.2. The Labute approximate surface area is 186 Å². The molecule has 5 heteroatoms. The highest BCUT2D eigenvalue weighted by molar-refractivity contribution is 5.76. The molecule has 31 heavy (non-hydrogen) atoms. The van der Waals surface area contributed by atoms with Gasteiger partial charge >= 0.3 is 0 Å². The van der Waals surface area contributed by atoms with E-state index in [1.807, 2.05) is 6.26 Å². The van der Waals surface area contributed by atoms with E-state index in [1.54, 1.807) is 6.26 Å². The van der Waals surface area contributed by atoms with Crippen LogP contribution in [-0.2, 0) is 4.74 Å². The molecule has 5 rings (SSSR count). The zero-order chi connectivity index (χ0) is 21.9. The minimum absolute atomic E-state index is 0.0474. The summed E-state index contributed by atoms with van der Waals surface area (Å²) in [5.41, 5.74) is 6.48. The Balaban J connectivity index is 1.33. The molecule has 1 aromatic heterocycles. The van der Waals surface area contributed by atoms with Gasteiger partial charge < -0.3 is 20.0 Å². The first-order chi connectivity index (χ1) is 14.8. The topological polar surface area (TPSA) is 92.5 Å². The fourth-order valence-corrected chi connectivity index (χ4v) is 8.68. The van der Waals surface area contributed by atoms with E-state index < -0.39 is 5.60 Å². The summed E-state index contributed by atoms with van der Waals surface area (Å²) >= 11 is 0. The fraction of sp³-hybridized carbons (Fsp3) is 0.808. The average molecular weight is 429 g/mol. The van der Waals surface area contributed by atoms with Crippen molar-refractivity contribution in [2.75, 3.05) is 6.61 Å². The SMILES string of the molecule is C[C@]12CCC(OCCC(=N)N)CC1CC[C@@H]1[C@H]2CC[C@]2(C)C(c3ccoc3)CC[C@@]12O. The molecule has 0 aromatic carbocycles. The first-order valence-corrected chi connectivity index (χ1v) is 12.5. The Hall–Kier alpha value is -1.33. The molecule has 0 amide bonds. The van der Waals surface area contributed by atoms with E-state index >= 15 is 0 Å². The molecule has 1 heterocycles. The molecular formula is C26H40N2O3. The predicted molar refractivity (Wildman–Crippen MR) is 121 cm³/mol. The number of aliphatic hydroxyl groups is 1. The Morgan fingerprint density at radius 2 is 2.00 bits per heavy atom. The summed E-state index contributed by atoms with van der Waals surface area (Å²) in [5, 5.41) is 19.7. The van der Waals surface area contributed by atoms with Crippen molar-refractivity contribution in [2.24, 2.45) is 34.3 Å². The van der Waals surface area contributed by atoms with E-state index in [2.05, 4.69) is 19.9 Å². The maximum atomic E-state index is 12.3. The number of furan rings is 1. The van der Waals surface area contributed by atoms with Gasteiger partial charge in [-0.15, -0.1) is 0 Å². The Morgan fingerprint density at radius 1 is 1.16 bits per heavy atom. The molecule has 0 bridgehead atoms. The van der Waals surface area contributed by atoms with E-state index in [1.165, 1.54) is 24.8 Å². The molecule has 0 aliphatic heterocycles. The largest absolute Gasteiger partial charge is 0.472 e. The Kier molecular flexibility index (Phi) is 5.29. The van der Waals surface area contributed by atoms with Crippen molar-refractivity contribution in [3.63, 3.8) is 0 Å². The summed E-state index contributed by atoms with van der Waals surface area (Å²) in [6.45, 7) is 5.46. The highest BCUT2D eigenvalue weighted by Crippen LogP contribution is 2.70. The molecule has 3 unspecified atom stereocenters. The van der Waals surface area contributed by atoms with Crippen LogP contribution < -0.4 is 5.73 Å². The lowest BCUT2D eigenvalue weighted by molar-refractivity contribution is -0.207. The van der Waals surface area contributed by atoms with Crippen LogP contribution in [-0.4, -0.2) is 29.3 Å². The van der Waals surface area contributed by atoms with Crippen molar-refractivity contribution in [1.82, 2.24) is 0 Å². The lowest BCUT2D eigenvalue weighted by Crippen LogP contribution is -2.62. The van der Waals surface area contributed by atoms with E-state index in [0.29, 0.717) is 48.2 Å². The number of amidine groups is 1. The van der Waals surface area contributed by atoms with Crippen LogP contribution in [0.2, 0.25) is 0 Å². The van der Waals surface area contributed by atoms with Gasteiger partial charge in [0, 0.05) is 11.8 Å². The molecular weight excluding hydrogens is 388 g/mol. The number of fused-ring (bicyclic) bond motifs is 5. The zero-order valence-corrected chi connectivity index (χ0v) is 19.2. The second-order valence-electron chi connectivity index (χ2n) is 11.6. The van der Waals surface area contributed by atoms with Crippen molar-refractivity contribution in [3.8, 4) is 0 Å². The number of ether oxygens (including phenoxy) is 1. The van der Waals surface area contributed by atoms with E-state index in [0.717, 1.165) is 38.5 Å². The van der Waals surface area contributed by atoms with Crippen LogP contribution in [0.25, 0.3) is 0 Å². The molecule has 4 saturated carbocycles. The van der Waals surface area contributed by atoms with Crippen molar-refractivity contribution < 1.29 is 14.3 Å². The van der Waals surface area contributed by atoms with Gasteiger partial charge in [0.1, 0.15) is 0 Å². The third kappa shape index (κ3) is 3.21. The molecule has 4 N–H and O–H groups in total. The molecule has 5 nitrogen and oxygen atoms in total. The highest BCUT2D eigenvalue weighted by Gasteiger charge is 2.67. The molecule has 4 fully saturated rings. The Morgan fingerprint density at radius 3 is 2.74 bits per heavy atom. The highest BCUT2D eigenvalue weighted by atomic mass is 16.5. The average Bonchev–Trinajstić information content (AvgIpc) is 3.34. The first kappa shape index (κ1) is 21.5. The maximum Gasteiger partial charge on any atom is 0.0937 e. The van der Waals surface area contributed by atoms with Crippen LogP contribution in [0.5, 0.6) is 0 Å². The number of hydrogen-bond donors (Lipinski definition) is 3. The smallest absolute Gasteiger partial charge is 0.0937 e. The summed E-state index contributed by atoms with van der Waals surface area (Å²) in [4.78, 5) is 0. The van der Waals surface area contributed by atoms with E-state index in [4.69, 9.17) is 20.3 Å². The van der Waals surface area contributed by atoms with Gasteiger partial charge in [0.2, 0.25) is 0 Å². The van der Waals surface area contributed by atoms with Gasteiger partial charge in [-0.05, 0) is 98.5 Å². The second-order valence-corrected chi connectivity index (χ2v) is 11.6. The minimum Gasteiger partial charge on any atom is -0.472 e. The van der Waals surface area contributed by atoms with Crippen molar-refractivity contribution in [2.45, 2.75) is 95.7 Å². The molecule has 8 atom stereocenters. The normalized spacial score (nSPS) is 46.7. The lowest BCUT2D eigenvalue weighted by Gasteiger charge is -2.63. The van der Waals surface area contributed by atoms with E-state index in [-0.39, 0.29) is 11.3 Å². The molecule has 0 spiro atoms. The predicted octanol–water partition coefficient (Wildman–Crippen LogP) is 5.23. The monoisotopic (exact) mass is 428 g/mol. The van der Waals surface area contributed by atoms with Gasteiger partial charge in [0.25, 0.3) is 0 Å². The molecule has 0 saturated heterocycles. The summed E-state index contributed by atoms with van der Waals surface area (Å²) in [5.74, 6) is 2.34.